The van der Waals surface area contributed by atoms with Crippen molar-refractivity contribution >= 4 is 11.6 Å². The van der Waals surface area contributed by atoms with Gasteiger partial charge in [-0.05, 0) is 44.0 Å². The first-order valence-electron chi connectivity index (χ1n) is 6.51. The van der Waals surface area contributed by atoms with Gasteiger partial charge < -0.3 is 9.84 Å². The van der Waals surface area contributed by atoms with Gasteiger partial charge in [-0.25, -0.2) is 0 Å². The summed E-state index contributed by atoms with van der Waals surface area (Å²) in [5.41, 5.74) is 2.36. The third kappa shape index (κ3) is 2.67. The number of aromatic nitrogens is 2. The van der Waals surface area contributed by atoms with Crippen LogP contribution in [0.2, 0.25) is 5.02 Å². The Morgan fingerprint density at radius 3 is 2.60 bits per heavy atom. The molecular weight excluding hydrogens is 276 g/mol. The maximum atomic E-state index is 10.6. The second kappa shape index (κ2) is 5.85. The van der Waals surface area contributed by atoms with Crippen LogP contribution in [0.1, 0.15) is 42.8 Å². The largest absolute Gasteiger partial charge is 0.496 e. The lowest BCUT2D eigenvalue weighted by Crippen LogP contribution is -2.12. The minimum absolute atomic E-state index is 0.131. The first-order valence-corrected chi connectivity index (χ1v) is 6.89. The van der Waals surface area contributed by atoms with Crippen LogP contribution in [-0.2, 0) is 0 Å². The van der Waals surface area contributed by atoms with E-state index in [9.17, 15) is 5.11 Å². The predicted octanol–water partition coefficient (Wildman–Crippen LogP) is 3.52. The SMILES string of the molecule is COc1ccc(C(O)c2c(Cl)cnn2C(C)C)cc1C. The van der Waals surface area contributed by atoms with Gasteiger partial charge in [0.2, 0.25) is 0 Å². The van der Waals surface area contributed by atoms with Crippen molar-refractivity contribution in [2.75, 3.05) is 7.11 Å². The molecule has 1 aromatic heterocycles. The van der Waals surface area contributed by atoms with Crippen molar-refractivity contribution < 1.29 is 9.84 Å². The molecule has 0 aliphatic carbocycles. The zero-order valence-corrected chi connectivity index (χ0v) is 12.8. The number of ether oxygens (including phenoxy) is 1. The third-order valence-electron chi connectivity index (χ3n) is 3.27. The molecule has 2 rings (SSSR count). The Balaban J connectivity index is 2.43. The van der Waals surface area contributed by atoms with Crippen LogP contribution in [0.5, 0.6) is 5.75 Å². The fourth-order valence-electron chi connectivity index (χ4n) is 2.25. The van der Waals surface area contributed by atoms with E-state index >= 15 is 0 Å². The van der Waals surface area contributed by atoms with E-state index in [2.05, 4.69) is 5.10 Å². The first-order chi connectivity index (χ1) is 9.45. The maximum absolute atomic E-state index is 10.6. The number of rotatable bonds is 4. The van der Waals surface area contributed by atoms with Crippen LogP contribution in [0.3, 0.4) is 0 Å². The summed E-state index contributed by atoms with van der Waals surface area (Å²) in [6, 6.07) is 5.71. The number of aliphatic hydroxyl groups is 1. The van der Waals surface area contributed by atoms with Gasteiger partial charge in [0.05, 0.1) is 24.0 Å². The molecule has 4 nitrogen and oxygen atoms in total. The lowest BCUT2D eigenvalue weighted by molar-refractivity contribution is 0.205. The highest BCUT2D eigenvalue weighted by Crippen LogP contribution is 2.32. The number of halogens is 1. The first kappa shape index (κ1) is 14.9. The van der Waals surface area contributed by atoms with Gasteiger partial charge in [0.1, 0.15) is 11.9 Å². The van der Waals surface area contributed by atoms with E-state index in [4.69, 9.17) is 16.3 Å². The van der Waals surface area contributed by atoms with Crippen LogP contribution in [-0.4, -0.2) is 22.0 Å². The Hall–Kier alpha value is -1.52. The molecule has 0 saturated carbocycles. The molecule has 0 aliphatic heterocycles. The zero-order chi connectivity index (χ0) is 14.9. The van der Waals surface area contributed by atoms with Crippen LogP contribution in [0.25, 0.3) is 0 Å². The lowest BCUT2D eigenvalue weighted by Gasteiger charge is -2.18. The molecule has 1 unspecified atom stereocenters. The van der Waals surface area contributed by atoms with Gasteiger partial charge in [-0.15, -0.1) is 0 Å². The monoisotopic (exact) mass is 294 g/mol. The summed E-state index contributed by atoms with van der Waals surface area (Å²) in [5.74, 6) is 0.796. The van der Waals surface area contributed by atoms with Crippen LogP contribution < -0.4 is 4.74 Å². The van der Waals surface area contributed by atoms with E-state index < -0.39 is 6.10 Å². The molecule has 0 spiro atoms. The van der Waals surface area contributed by atoms with Gasteiger partial charge >= 0.3 is 0 Å². The van der Waals surface area contributed by atoms with Crippen molar-refractivity contribution in [3.05, 3.63) is 46.2 Å². The predicted molar refractivity (Wildman–Crippen MR) is 79.4 cm³/mol. The molecule has 0 saturated heterocycles. The lowest BCUT2D eigenvalue weighted by atomic mass is 10.0. The van der Waals surface area contributed by atoms with E-state index in [1.165, 1.54) is 0 Å². The quantitative estimate of drug-likeness (QED) is 0.938. The summed E-state index contributed by atoms with van der Waals surface area (Å²) in [5, 5.41) is 15.3. The minimum Gasteiger partial charge on any atom is -0.496 e. The fourth-order valence-corrected chi connectivity index (χ4v) is 2.48. The molecular formula is C15H19ClN2O2. The van der Waals surface area contributed by atoms with Crippen molar-refractivity contribution in [2.24, 2.45) is 0 Å². The average Bonchev–Trinajstić information content (AvgIpc) is 2.80. The van der Waals surface area contributed by atoms with Crippen LogP contribution >= 0.6 is 11.6 Å². The van der Waals surface area contributed by atoms with Crippen molar-refractivity contribution in [1.82, 2.24) is 9.78 Å². The minimum atomic E-state index is -0.808. The second-order valence-electron chi connectivity index (χ2n) is 5.05. The molecule has 108 valence electrons. The second-order valence-corrected chi connectivity index (χ2v) is 5.45. The average molecular weight is 295 g/mol. The molecule has 0 bridgehead atoms. The summed E-state index contributed by atoms with van der Waals surface area (Å²) in [4.78, 5) is 0. The Bertz CT molecular complexity index is 608. The van der Waals surface area contributed by atoms with Crippen molar-refractivity contribution in [3.63, 3.8) is 0 Å². The number of methoxy groups -OCH3 is 1. The Kier molecular flexibility index (Phi) is 4.35. The van der Waals surface area contributed by atoms with E-state index in [0.29, 0.717) is 10.7 Å². The number of nitrogens with zero attached hydrogens (tertiary/aromatic N) is 2. The number of benzene rings is 1. The zero-order valence-electron chi connectivity index (χ0n) is 12.1. The number of hydrogen-bond acceptors (Lipinski definition) is 3. The molecule has 20 heavy (non-hydrogen) atoms. The highest BCUT2D eigenvalue weighted by atomic mass is 35.5. The van der Waals surface area contributed by atoms with E-state index in [1.807, 2.05) is 39.0 Å². The van der Waals surface area contributed by atoms with Gasteiger partial charge in [0.25, 0.3) is 0 Å². The third-order valence-corrected chi connectivity index (χ3v) is 3.56. The van der Waals surface area contributed by atoms with E-state index in [0.717, 1.165) is 16.9 Å². The summed E-state index contributed by atoms with van der Waals surface area (Å²) >= 11 is 6.16. The van der Waals surface area contributed by atoms with Gasteiger partial charge in [0.15, 0.2) is 0 Å². The number of aryl methyl sites for hydroxylation is 1. The van der Waals surface area contributed by atoms with Crippen molar-refractivity contribution in [1.29, 1.82) is 0 Å². The van der Waals surface area contributed by atoms with Crippen molar-refractivity contribution in [2.45, 2.75) is 32.9 Å². The summed E-state index contributed by atoms with van der Waals surface area (Å²) in [6.07, 6.45) is 0.758. The standard InChI is InChI=1S/C15H19ClN2O2/c1-9(2)18-14(12(16)8-17-18)15(19)11-5-6-13(20-4)10(3)7-11/h5-9,15,19H,1-4H3. The molecule has 0 aliphatic rings. The Morgan fingerprint density at radius 2 is 2.05 bits per heavy atom. The Morgan fingerprint density at radius 1 is 1.35 bits per heavy atom. The molecule has 0 amide bonds. The Labute approximate surface area is 123 Å². The van der Waals surface area contributed by atoms with Crippen molar-refractivity contribution in [3.8, 4) is 5.75 Å². The highest BCUT2D eigenvalue weighted by molar-refractivity contribution is 6.31. The van der Waals surface area contributed by atoms with Crippen LogP contribution in [0.4, 0.5) is 0 Å². The fraction of sp³-hybridized carbons (Fsp3) is 0.400. The molecule has 1 heterocycles. The molecule has 0 radical (unpaired) electrons. The highest BCUT2D eigenvalue weighted by Gasteiger charge is 2.21. The molecule has 0 fully saturated rings. The molecule has 5 heteroatoms. The number of aliphatic hydroxyl groups excluding tert-OH is 1. The van der Waals surface area contributed by atoms with Gasteiger partial charge in [0, 0.05) is 6.04 Å². The van der Waals surface area contributed by atoms with E-state index in [1.54, 1.807) is 18.0 Å². The maximum Gasteiger partial charge on any atom is 0.122 e. The molecule has 1 aromatic carbocycles. The van der Waals surface area contributed by atoms with Gasteiger partial charge in [-0.2, -0.15) is 5.10 Å². The molecule has 1 atom stereocenters. The van der Waals surface area contributed by atoms with Crippen LogP contribution in [0.15, 0.2) is 24.4 Å². The molecule has 2 aromatic rings. The van der Waals surface area contributed by atoms with Gasteiger partial charge in [-0.1, -0.05) is 17.7 Å². The summed E-state index contributed by atoms with van der Waals surface area (Å²) in [6.45, 7) is 5.94. The van der Waals surface area contributed by atoms with Gasteiger partial charge in [-0.3, -0.25) is 4.68 Å². The summed E-state index contributed by atoms with van der Waals surface area (Å²) < 4.78 is 6.97. The van der Waals surface area contributed by atoms with Crippen LogP contribution in [0, 0.1) is 6.92 Å². The smallest absolute Gasteiger partial charge is 0.122 e. The molecule has 1 N–H and O–H groups in total. The van der Waals surface area contributed by atoms with E-state index in [-0.39, 0.29) is 6.04 Å². The number of hydrogen-bond donors (Lipinski definition) is 1. The normalized spacial score (nSPS) is 12.8. The summed E-state index contributed by atoms with van der Waals surface area (Å²) in [7, 11) is 1.63. The topological polar surface area (TPSA) is 47.3 Å².